The highest BCUT2D eigenvalue weighted by Crippen LogP contribution is 2.11. The molecule has 2 rings (SSSR count). The van der Waals surface area contributed by atoms with E-state index in [1.165, 1.54) is 5.56 Å². The molecule has 17 heavy (non-hydrogen) atoms. The van der Waals surface area contributed by atoms with Crippen LogP contribution < -0.4 is 4.74 Å². The van der Waals surface area contributed by atoms with E-state index in [9.17, 15) is 4.79 Å². The Balaban J connectivity index is 1.81. The third kappa shape index (κ3) is 3.46. The van der Waals surface area contributed by atoms with Crippen molar-refractivity contribution in [3.8, 4) is 5.75 Å². The highest BCUT2D eigenvalue weighted by Gasteiger charge is 2.16. The van der Waals surface area contributed by atoms with Gasteiger partial charge in [-0.2, -0.15) is 0 Å². The molecule has 1 amide bonds. The van der Waals surface area contributed by atoms with Gasteiger partial charge in [-0.05, 0) is 25.5 Å². The van der Waals surface area contributed by atoms with Crippen molar-refractivity contribution in [2.45, 2.75) is 13.3 Å². The molecular weight excluding hydrogens is 218 g/mol. The number of hydrogen-bond acceptors (Lipinski definition) is 3. The lowest BCUT2D eigenvalue weighted by Crippen LogP contribution is -2.40. The van der Waals surface area contributed by atoms with Crippen molar-refractivity contribution in [1.29, 1.82) is 0 Å². The fourth-order valence-electron chi connectivity index (χ4n) is 1.66. The van der Waals surface area contributed by atoms with E-state index in [0.29, 0.717) is 6.73 Å². The molecule has 0 spiro atoms. The molecule has 0 atom stereocenters. The summed E-state index contributed by atoms with van der Waals surface area (Å²) < 4.78 is 10.6. The average molecular weight is 235 g/mol. The van der Waals surface area contributed by atoms with Gasteiger partial charge in [0.25, 0.3) is 5.91 Å². The second-order valence-corrected chi connectivity index (χ2v) is 4.15. The highest BCUT2D eigenvalue weighted by molar-refractivity contribution is 5.77. The predicted molar refractivity (Wildman–Crippen MR) is 63.8 cm³/mol. The van der Waals surface area contributed by atoms with Crippen molar-refractivity contribution >= 4 is 5.91 Å². The molecule has 92 valence electrons. The Morgan fingerprint density at radius 1 is 1.41 bits per heavy atom. The van der Waals surface area contributed by atoms with E-state index in [0.717, 1.165) is 25.3 Å². The summed E-state index contributed by atoms with van der Waals surface area (Å²) in [6.07, 6.45) is 0.899. The molecule has 1 aromatic rings. The maximum Gasteiger partial charge on any atom is 0.262 e. The van der Waals surface area contributed by atoms with Gasteiger partial charge in [-0.1, -0.05) is 17.7 Å². The van der Waals surface area contributed by atoms with Crippen molar-refractivity contribution < 1.29 is 14.3 Å². The summed E-state index contributed by atoms with van der Waals surface area (Å²) in [5, 5.41) is 0. The fourth-order valence-corrected chi connectivity index (χ4v) is 1.66. The van der Waals surface area contributed by atoms with Gasteiger partial charge in [-0.3, -0.25) is 4.79 Å². The summed E-state index contributed by atoms with van der Waals surface area (Å²) in [5.41, 5.74) is 1.17. The second kappa shape index (κ2) is 5.68. The molecule has 1 aliphatic heterocycles. The van der Waals surface area contributed by atoms with E-state index in [1.54, 1.807) is 4.90 Å². The van der Waals surface area contributed by atoms with E-state index in [4.69, 9.17) is 9.47 Å². The lowest BCUT2D eigenvalue weighted by Gasteiger charge is -2.26. The van der Waals surface area contributed by atoms with Crippen molar-refractivity contribution in [3.63, 3.8) is 0 Å². The number of ether oxygens (including phenoxy) is 2. The molecule has 1 aromatic carbocycles. The Morgan fingerprint density at radius 3 is 2.82 bits per heavy atom. The van der Waals surface area contributed by atoms with E-state index in [2.05, 4.69) is 0 Å². The summed E-state index contributed by atoms with van der Waals surface area (Å²) in [5.74, 6) is 0.701. The highest BCUT2D eigenvalue weighted by atomic mass is 16.5. The number of benzene rings is 1. The van der Waals surface area contributed by atoms with Crippen molar-refractivity contribution in [1.82, 2.24) is 4.90 Å². The van der Waals surface area contributed by atoms with E-state index < -0.39 is 0 Å². The molecule has 0 saturated carbocycles. The summed E-state index contributed by atoms with van der Waals surface area (Å²) in [4.78, 5) is 13.4. The SMILES string of the molecule is Cc1ccc(OCC(=O)N2CCCOC2)cc1. The normalized spacial score (nSPS) is 15.7. The number of hydrogen-bond donors (Lipinski definition) is 0. The largest absolute Gasteiger partial charge is 0.484 e. The molecule has 0 N–H and O–H groups in total. The topological polar surface area (TPSA) is 38.8 Å². The van der Waals surface area contributed by atoms with Gasteiger partial charge >= 0.3 is 0 Å². The van der Waals surface area contributed by atoms with Crippen LogP contribution in [0.2, 0.25) is 0 Å². The minimum Gasteiger partial charge on any atom is -0.484 e. The van der Waals surface area contributed by atoms with Gasteiger partial charge in [0.2, 0.25) is 0 Å². The number of carbonyl (C=O) groups is 1. The number of amides is 1. The van der Waals surface area contributed by atoms with Crippen LogP contribution in [0.4, 0.5) is 0 Å². The van der Waals surface area contributed by atoms with Gasteiger partial charge in [-0.25, -0.2) is 0 Å². The molecule has 0 aliphatic carbocycles. The number of rotatable bonds is 3. The molecule has 1 saturated heterocycles. The Morgan fingerprint density at radius 2 is 2.18 bits per heavy atom. The first-order valence-electron chi connectivity index (χ1n) is 5.81. The molecule has 0 aromatic heterocycles. The third-order valence-corrected chi connectivity index (χ3v) is 2.70. The van der Waals surface area contributed by atoms with Crippen molar-refractivity contribution in [3.05, 3.63) is 29.8 Å². The van der Waals surface area contributed by atoms with E-state index in [-0.39, 0.29) is 12.5 Å². The third-order valence-electron chi connectivity index (χ3n) is 2.70. The van der Waals surface area contributed by atoms with Crippen LogP contribution >= 0.6 is 0 Å². The minimum absolute atomic E-state index is 0.0229. The van der Waals surface area contributed by atoms with Crippen LogP contribution in [-0.4, -0.2) is 37.3 Å². The zero-order valence-corrected chi connectivity index (χ0v) is 10.0. The van der Waals surface area contributed by atoms with Gasteiger partial charge in [0.15, 0.2) is 6.61 Å². The predicted octanol–water partition coefficient (Wildman–Crippen LogP) is 1.58. The lowest BCUT2D eigenvalue weighted by atomic mass is 10.2. The minimum atomic E-state index is -0.0229. The van der Waals surface area contributed by atoms with E-state index in [1.807, 2.05) is 31.2 Å². The first-order chi connectivity index (χ1) is 8.25. The van der Waals surface area contributed by atoms with Gasteiger partial charge in [0.1, 0.15) is 12.5 Å². The van der Waals surface area contributed by atoms with Crippen molar-refractivity contribution in [2.75, 3.05) is 26.5 Å². The molecule has 1 heterocycles. The first kappa shape index (κ1) is 11.9. The monoisotopic (exact) mass is 235 g/mol. The van der Waals surface area contributed by atoms with Crippen LogP contribution in [0.25, 0.3) is 0 Å². The quantitative estimate of drug-likeness (QED) is 0.798. The average Bonchev–Trinajstić information content (AvgIpc) is 2.39. The van der Waals surface area contributed by atoms with Crippen LogP contribution in [0.3, 0.4) is 0 Å². The Bertz CT molecular complexity index is 369. The molecule has 1 fully saturated rings. The van der Waals surface area contributed by atoms with Gasteiger partial charge < -0.3 is 14.4 Å². The van der Waals surface area contributed by atoms with Crippen LogP contribution in [0.15, 0.2) is 24.3 Å². The second-order valence-electron chi connectivity index (χ2n) is 4.15. The Hall–Kier alpha value is -1.55. The lowest BCUT2D eigenvalue weighted by molar-refractivity contribution is -0.142. The van der Waals surface area contributed by atoms with Gasteiger partial charge in [0.05, 0.1) is 6.61 Å². The molecule has 4 heteroatoms. The maximum atomic E-state index is 11.8. The molecule has 0 bridgehead atoms. The molecule has 0 unspecified atom stereocenters. The van der Waals surface area contributed by atoms with Crippen molar-refractivity contribution in [2.24, 2.45) is 0 Å². The molecule has 0 radical (unpaired) electrons. The van der Waals surface area contributed by atoms with E-state index >= 15 is 0 Å². The summed E-state index contributed by atoms with van der Waals surface area (Å²) >= 11 is 0. The number of aryl methyl sites for hydroxylation is 1. The zero-order chi connectivity index (χ0) is 12.1. The standard InChI is InChI=1S/C13H17NO3/c1-11-3-5-12(6-4-11)17-9-13(15)14-7-2-8-16-10-14/h3-6H,2,7-10H2,1H3. The fraction of sp³-hybridized carbons (Fsp3) is 0.462. The Labute approximate surface area is 101 Å². The smallest absolute Gasteiger partial charge is 0.262 e. The van der Waals surface area contributed by atoms with Crippen LogP contribution in [-0.2, 0) is 9.53 Å². The maximum absolute atomic E-state index is 11.8. The summed E-state index contributed by atoms with van der Waals surface area (Å²) in [7, 11) is 0. The van der Waals surface area contributed by atoms with Crippen LogP contribution in [0.5, 0.6) is 5.75 Å². The number of nitrogens with zero attached hydrogens (tertiary/aromatic N) is 1. The summed E-state index contributed by atoms with van der Waals surface area (Å²) in [6.45, 7) is 3.97. The molecule has 1 aliphatic rings. The van der Waals surface area contributed by atoms with Gasteiger partial charge in [-0.15, -0.1) is 0 Å². The van der Waals surface area contributed by atoms with Gasteiger partial charge in [0, 0.05) is 6.54 Å². The first-order valence-corrected chi connectivity index (χ1v) is 5.81. The van der Waals surface area contributed by atoms with Crippen LogP contribution in [0.1, 0.15) is 12.0 Å². The molecule has 4 nitrogen and oxygen atoms in total. The Kier molecular flexibility index (Phi) is 3.98. The molecular formula is C13H17NO3. The number of carbonyl (C=O) groups excluding carboxylic acids is 1. The summed E-state index contributed by atoms with van der Waals surface area (Å²) in [6, 6.07) is 7.66. The zero-order valence-electron chi connectivity index (χ0n) is 10.0. The van der Waals surface area contributed by atoms with Crippen LogP contribution in [0, 0.1) is 6.92 Å².